The van der Waals surface area contributed by atoms with E-state index in [-0.39, 0.29) is 5.91 Å². The minimum absolute atomic E-state index is 0.319. The zero-order valence-corrected chi connectivity index (χ0v) is 12.2. The Hall–Kier alpha value is -1.84. The summed E-state index contributed by atoms with van der Waals surface area (Å²) in [5, 5.41) is 2.80. The predicted octanol–water partition coefficient (Wildman–Crippen LogP) is 2.75. The van der Waals surface area contributed by atoms with E-state index in [0.29, 0.717) is 6.42 Å². The molecule has 1 rings (SSSR count). The summed E-state index contributed by atoms with van der Waals surface area (Å²) in [6, 6.07) is 3.82. The number of carbonyl (C=O) groups excluding carboxylic acids is 2. The molecule has 1 atom stereocenters. The van der Waals surface area contributed by atoms with Crippen molar-refractivity contribution in [1.29, 1.82) is 0 Å². The topological polar surface area (TPSA) is 55.4 Å². The summed E-state index contributed by atoms with van der Waals surface area (Å²) in [6.45, 7) is 7.78. The van der Waals surface area contributed by atoms with Gasteiger partial charge in [0.15, 0.2) is 0 Å². The van der Waals surface area contributed by atoms with Crippen molar-refractivity contribution in [1.82, 2.24) is 0 Å². The summed E-state index contributed by atoms with van der Waals surface area (Å²) in [5.41, 5.74) is 4.09. The van der Waals surface area contributed by atoms with Crippen LogP contribution in [0.5, 0.6) is 0 Å². The van der Waals surface area contributed by atoms with Crippen LogP contribution in [0.1, 0.15) is 30.0 Å². The lowest BCUT2D eigenvalue weighted by Gasteiger charge is -2.16. The Balaban J connectivity index is 2.93. The van der Waals surface area contributed by atoms with E-state index in [4.69, 9.17) is 0 Å². The number of methoxy groups -OCH3 is 1. The van der Waals surface area contributed by atoms with Crippen molar-refractivity contribution >= 4 is 17.6 Å². The largest absolute Gasteiger partial charge is 0.468 e. The Kier molecular flexibility index (Phi) is 5.10. The van der Waals surface area contributed by atoms with Crippen LogP contribution < -0.4 is 5.32 Å². The SMILES string of the molecule is CCC(C(=O)Nc1ccc(C)c(C)c1C)C(=O)OC. The second kappa shape index (κ2) is 6.36. The Labute approximate surface area is 114 Å². The first-order valence-corrected chi connectivity index (χ1v) is 6.37. The molecule has 1 unspecified atom stereocenters. The summed E-state index contributed by atoms with van der Waals surface area (Å²) < 4.78 is 4.64. The Morgan fingerprint density at radius 2 is 1.84 bits per heavy atom. The second-order valence-electron chi connectivity index (χ2n) is 4.65. The highest BCUT2D eigenvalue weighted by atomic mass is 16.5. The van der Waals surface area contributed by atoms with Crippen molar-refractivity contribution in [2.45, 2.75) is 34.1 Å². The zero-order valence-electron chi connectivity index (χ0n) is 12.2. The van der Waals surface area contributed by atoms with E-state index >= 15 is 0 Å². The van der Waals surface area contributed by atoms with Gasteiger partial charge in [0.2, 0.25) is 5.91 Å². The highest BCUT2D eigenvalue weighted by molar-refractivity contribution is 6.05. The summed E-state index contributed by atoms with van der Waals surface area (Å²) in [6.07, 6.45) is 0.419. The lowest BCUT2D eigenvalue weighted by Crippen LogP contribution is -2.30. The molecule has 0 aliphatic carbocycles. The van der Waals surface area contributed by atoms with Crippen molar-refractivity contribution < 1.29 is 14.3 Å². The molecule has 1 amide bonds. The van der Waals surface area contributed by atoms with Crippen LogP contribution >= 0.6 is 0 Å². The van der Waals surface area contributed by atoms with E-state index in [0.717, 1.165) is 16.8 Å². The first-order chi connectivity index (χ1) is 8.92. The minimum atomic E-state index is -0.758. The molecule has 4 heteroatoms. The molecule has 19 heavy (non-hydrogen) atoms. The molecule has 0 radical (unpaired) electrons. The molecule has 1 aromatic carbocycles. The van der Waals surface area contributed by atoms with Gasteiger partial charge in [-0.15, -0.1) is 0 Å². The zero-order chi connectivity index (χ0) is 14.6. The number of ether oxygens (including phenoxy) is 1. The van der Waals surface area contributed by atoms with Crippen LogP contribution in [0.3, 0.4) is 0 Å². The number of hydrogen-bond donors (Lipinski definition) is 1. The molecule has 0 fully saturated rings. The molecular formula is C15H21NO3. The summed E-state index contributed by atoms with van der Waals surface area (Å²) >= 11 is 0. The highest BCUT2D eigenvalue weighted by Gasteiger charge is 2.26. The number of rotatable bonds is 4. The van der Waals surface area contributed by atoms with Gasteiger partial charge in [-0.05, 0) is 49.9 Å². The van der Waals surface area contributed by atoms with Crippen LogP contribution in [-0.2, 0) is 14.3 Å². The normalized spacial score (nSPS) is 11.8. The summed E-state index contributed by atoms with van der Waals surface area (Å²) in [7, 11) is 1.29. The van der Waals surface area contributed by atoms with E-state index in [9.17, 15) is 9.59 Å². The maximum absolute atomic E-state index is 12.1. The maximum atomic E-state index is 12.1. The average molecular weight is 263 g/mol. The van der Waals surface area contributed by atoms with Gasteiger partial charge in [0.25, 0.3) is 0 Å². The molecule has 104 valence electrons. The monoisotopic (exact) mass is 263 g/mol. The van der Waals surface area contributed by atoms with Crippen LogP contribution in [0.15, 0.2) is 12.1 Å². The number of esters is 1. The summed E-state index contributed by atoms with van der Waals surface area (Å²) in [5.74, 6) is -1.58. The number of amides is 1. The number of benzene rings is 1. The van der Waals surface area contributed by atoms with Gasteiger partial charge in [0, 0.05) is 5.69 Å². The fourth-order valence-electron chi connectivity index (χ4n) is 1.91. The first kappa shape index (κ1) is 15.2. The van der Waals surface area contributed by atoms with Crippen molar-refractivity contribution in [3.8, 4) is 0 Å². The molecule has 1 aromatic rings. The van der Waals surface area contributed by atoms with Crippen LogP contribution in [0.4, 0.5) is 5.69 Å². The van der Waals surface area contributed by atoms with Gasteiger partial charge >= 0.3 is 5.97 Å². The molecule has 0 bridgehead atoms. The maximum Gasteiger partial charge on any atom is 0.318 e. The van der Waals surface area contributed by atoms with Crippen molar-refractivity contribution in [2.75, 3.05) is 12.4 Å². The minimum Gasteiger partial charge on any atom is -0.468 e. The lowest BCUT2D eigenvalue weighted by molar-refractivity contribution is -0.148. The lowest BCUT2D eigenvalue weighted by atomic mass is 10.0. The van der Waals surface area contributed by atoms with Crippen LogP contribution in [-0.4, -0.2) is 19.0 Å². The third-order valence-electron chi connectivity index (χ3n) is 3.53. The quantitative estimate of drug-likeness (QED) is 0.671. The summed E-state index contributed by atoms with van der Waals surface area (Å²) in [4.78, 5) is 23.6. The Morgan fingerprint density at radius 1 is 1.21 bits per heavy atom. The number of aryl methyl sites for hydroxylation is 1. The number of hydrogen-bond acceptors (Lipinski definition) is 3. The molecule has 4 nitrogen and oxygen atoms in total. The van der Waals surface area contributed by atoms with Gasteiger partial charge in [0.05, 0.1) is 7.11 Å². The molecule has 0 aromatic heterocycles. The van der Waals surface area contributed by atoms with Crippen LogP contribution in [0, 0.1) is 26.7 Å². The molecule has 1 N–H and O–H groups in total. The molecule has 0 aliphatic rings. The van der Waals surface area contributed by atoms with Gasteiger partial charge in [-0.2, -0.15) is 0 Å². The third kappa shape index (κ3) is 3.34. The van der Waals surface area contributed by atoms with Crippen molar-refractivity contribution in [3.05, 3.63) is 28.8 Å². The molecule has 0 heterocycles. The Bertz CT molecular complexity index is 494. The van der Waals surface area contributed by atoms with Crippen molar-refractivity contribution in [2.24, 2.45) is 5.92 Å². The molecule has 0 saturated carbocycles. The van der Waals surface area contributed by atoms with Gasteiger partial charge < -0.3 is 10.1 Å². The smallest absolute Gasteiger partial charge is 0.318 e. The third-order valence-corrected chi connectivity index (χ3v) is 3.53. The standard InChI is InChI=1S/C15H21NO3/c1-6-12(15(18)19-5)14(17)16-13-8-7-9(2)10(3)11(13)4/h7-8,12H,6H2,1-5H3,(H,16,17). The number of nitrogens with one attached hydrogen (secondary N) is 1. The van der Waals surface area contributed by atoms with Gasteiger partial charge in [0.1, 0.15) is 5.92 Å². The average Bonchev–Trinajstić information content (AvgIpc) is 2.40. The van der Waals surface area contributed by atoms with Crippen LogP contribution in [0.25, 0.3) is 0 Å². The second-order valence-corrected chi connectivity index (χ2v) is 4.65. The van der Waals surface area contributed by atoms with Crippen LogP contribution in [0.2, 0.25) is 0 Å². The predicted molar refractivity (Wildman–Crippen MR) is 75.1 cm³/mol. The molecule has 0 saturated heterocycles. The molecule has 0 aliphatic heterocycles. The van der Waals surface area contributed by atoms with Gasteiger partial charge in [-0.3, -0.25) is 9.59 Å². The first-order valence-electron chi connectivity index (χ1n) is 6.37. The molecular weight excluding hydrogens is 242 g/mol. The fraction of sp³-hybridized carbons (Fsp3) is 0.467. The van der Waals surface area contributed by atoms with Gasteiger partial charge in [-0.1, -0.05) is 13.0 Å². The van der Waals surface area contributed by atoms with E-state index < -0.39 is 11.9 Å². The van der Waals surface area contributed by atoms with E-state index in [2.05, 4.69) is 10.1 Å². The van der Waals surface area contributed by atoms with E-state index in [1.807, 2.05) is 32.9 Å². The fourth-order valence-corrected chi connectivity index (χ4v) is 1.91. The van der Waals surface area contributed by atoms with Crippen molar-refractivity contribution in [3.63, 3.8) is 0 Å². The Morgan fingerprint density at radius 3 is 2.37 bits per heavy atom. The van der Waals surface area contributed by atoms with E-state index in [1.54, 1.807) is 6.92 Å². The number of carbonyl (C=O) groups is 2. The number of anilines is 1. The highest BCUT2D eigenvalue weighted by Crippen LogP contribution is 2.22. The van der Waals surface area contributed by atoms with E-state index in [1.165, 1.54) is 12.7 Å². The van der Waals surface area contributed by atoms with Gasteiger partial charge in [-0.25, -0.2) is 0 Å². The molecule has 0 spiro atoms.